The molecule has 0 aromatic carbocycles. The lowest BCUT2D eigenvalue weighted by atomic mass is 9.86. The zero-order valence-electron chi connectivity index (χ0n) is 13.7. The predicted molar refractivity (Wildman–Crippen MR) is 82.7 cm³/mol. The first-order valence-corrected chi connectivity index (χ1v) is 8.12. The number of methoxy groups -OCH3 is 1. The number of rotatable bonds is 8. The van der Waals surface area contributed by atoms with E-state index in [1.807, 2.05) is 0 Å². The molecule has 1 aliphatic heterocycles. The number of ether oxygens (including phenoxy) is 1. The summed E-state index contributed by atoms with van der Waals surface area (Å²) in [6, 6.07) is 1.32. The van der Waals surface area contributed by atoms with Crippen molar-refractivity contribution < 1.29 is 4.74 Å². The van der Waals surface area contributed by atoms with E-state index >= 15 is 0 Å². The quantitative estimate of drug-likeness (QED) is 0.733. The molecule has 2 atom stereocenters. The first-order chi connectivity index (χ1) is 9.12. The van der Waals surface area contributed by atoms with Gasteiger partial charge in [0.05, 0.1) is 0 Å². The zero-order chi connectivity index (χ0) is 14.3. The third-order valence-electron chi connectivity index (χ3n) is 4.95. The van der Waals surface area contributed by atoms with Gasteiger partial charge in [0.25, 0.3) is 0 Å². The molecule has 2 unspecified atom stereocenters. The Labute approximate surface area is 120 Å². The highest BCUT2D eigenvalue weighted by Crippen LogP contribution is 2.26. The van der Waals surface area contributed by atoms with E-state index in [9.17, 15) is 0 Å². The van der Waals surface area contributed by atoms with Crippen molar-refractivity contribution in [1.82, 2.24) is 10.2 Å². The van der Waals surface area contributed by atoms with Crippen LogP contribution in [0.2, 0.25) is 0 Å². The van der Waals surface area contributed by atoms with Crippen LogP contribution in [0, 0.1) is 0 Å². The minimum atomic E-state index is 0.325. The van der Waals surface area contributed by atoms with Crippen LogP contribution in [0.15, 0.2) is 0 Å². The normalized spacial score (nSPS) is 25.4. The van der Waals surface area contributed by atoms with Gasteiger partial charge in [0.1, 0.15) is 0 Å². The summed E-state index contributed by atoms with van der Waals surface area (Å²) in [5, 5.41) is 3.83. The van der Waals surface area contributed by atoms with E-state index in [0.29, 0.717) is 17.6 Å². The SMILES string of the molecule is CCCC1CNC(CC)(CC)CN1C(C)CCOC. The monoisotopic (exact) mass is 270 g/mol. The average Bonchev–Trinajstić information content (AvgIpc) is 2.45. The minimum absolute atomic E-state index is 0.325. The molecule has 0 spiro atoms. The summed E-state index contributed by atoms with van der Waals surface area (Å²) in [6.07, 6.45) is 6.14. The lowest BCUT2D eigenvalue weighted by Crippen LogP contribution is -2.65. The summed E-state index contributed by atoms with van der Waals surface area (Å²) in [4.78, 5) is 2.74. The smallest absolute Gasteiger partial charge is 0.0477 e. The molecule has 114 valence electrons. The Morgan fingerprint density at radius 3 is 2.53 bits per heavy atom. The lowest BCUT2D eigenvalue weighted by molar-refractivity contribution is 0.0267. The van der Waals surface area contributed by atoms with Gasteiger partial charge in [-0.05, 0) is 32.6 Å². The summed E-state index contributed by atoms with van der Waals surface area (Å²) in [5.74, 6) is 0. The molecule has 3 nitrogen and oxygen atoms in total. The van der Waals surface area contributed by atoms with Gasteiger partial charge in [0.15, 0.2) is 0 Å². The summed E-state index contributed by atoms with van der Waals surface area (Å²) in [5.41, 5.74) is 0.325. The van der Waals surface area contributed by atoms with Gasteiger partial charge < -0.3 is 10.1 Å². The molecule has 0 aromatic heterocycles. The Morgan fingerprint density at radius 1 is 1.32 bits per heavy atom. The zero-order valence-corrected chi connectivity index (χ0v) is 13.7. The van der Waals surface area contributed by atoms with E-state index < -0.39 is 0 Å². The molecule has 0 aliphatic carbocycles. The van der Waals surface area contributed by atoms with Crippen LogP contribution >= 0.6 is 0 Å². The molecular formula is C16H34N2O. The number of hydrogen-bond acceptors (Lipinski definition) is 3. The summed E-state index contributed by atoms with van der Waals surface area (Å²) in [6.45, 7) is 12.5. The first-order valence-electron chi connectivity index (χ1n) is 8.12. The molecule has 19 heavy (non-hydrogen) atoms. The molecule has 0 bridgehead atoms. The van der Waals surface area contributed by atoms with Gasteiger partial charge in [0.2, 0.25) is 0 Å². The Kier molecular flexibility index (Phi) is 7.33. The number of piperazine rings is 1. The molecule has 1 saturated heterocycles. The number of nitrogens with one attached hydrogen (secondary N) is 1. The predicted octanol–water partition coefficient (Wildman–Crippen LogP) is 3.04. The summed E-state index contributed by atoms with van der Waals surface area (Å²) >= 11 is 0. The Balaban J connectivity index is 2.71. The molecule has 3 heteroatoms. The highest BCUT2D eigenvalue weighted by Gasteiger charge is 2.37. The maximum Gasteiger partial charge on any atom is 0.0477 e. The largest absolute Gasteiger partial charge is 0.385 e. The first kappa shape index (κ1) is 16.9. The van der Waals surface area contributed by atoms with Crippen molar-refractivity contribution in [3.8, 4) is 0 Å². The van der Waals surface area contributed by atoms with Gasteiger partial charge in [0, 0.05) is 44.4 Å². The van der Waals surface area contributed by atoms with Crippen LogP contribution in [-0.2, 0) is 4.74 Å². The van der Waals surface area contributed by atoms with Gasteiger partial charge in [-0.3, -0.25) is 4.90 Å². The van der Waals surface area contributed by atoms with Crippen LogP contribution in [0.4, 0.5) is 0 Å². The van der Waals surface area contributed by atoms with Crippen molar-refractivity contribution in [2.24, 2.45) is 0 Å². The van der Waals surface area contributed by atoms with Crippen LogP contribution in [0.5, 0.6) is 0 Å². The fourth-order valence-electron chi connectivity index (χ4n) is 3.28. The molecule has 0 radical (unpaired) electrons. The maximum atomic E-state index is 5.26. The molecule has 1 heterocycles. The molecule has 1 rings (SSSR count). The maximum absolute atomic E-state index is 5.26. The highest BCUT2D eigenvalue weighted by molar-refractivity contribution is 4.97. The van der Waals surface area contributed by atoms with E-state index in [0.717, 1.165) is 19.6 Å². The van der Waals surface area contributed by atoms with Crippen LogP contribution in [0.3, 0.4) is 0 Å². The van der Waals surface area contributed by atoms with Gasteiger partial charge in [-0.25, -0.2) is 0 Å². The minimum Gasteiger partial charge on any atom is -0.385 e. The third kappa shape index (κ3) is 4.44. The standard InChI is InChI=1S/C16H34N2O/c1-6-9-15-12-17-16(7-2,8-3)13-18(15)14(4)10-11-19-5/h14-15,17H,6-13H2,1-5H3. The van der Waals surface area contributed by atoms with Crippen molar-refractivity contribution in [2.45, 2.75) is 77.4 Å². The molecule has 1 aliphatic rings. The van der Waals surface area contributed by atoms with E-state index in [4.69, 9.17) is 4.74 Å². The fraction of sp³-hybridized carbons (Fsp3) is 1.00. The van der Waals surface area contributed by atoms with Crippen molar-refractivity contribution >= 4 is 0 Å². The van der Waals surface area contributed by atoms with Crippen LogP contribution in [-0.4, -0.2) is 49.3 Å². The Morgan fingerprint density at radius 2 is 2.00 bits per heavy atom. The molecule has 0 saturated carbocycles. The second kappa shape index (κ2) is 8.23. The van der Waals surface area contributed by atoms with Crippen molar-refractivity contribution in [2.75, 3.05) is 26.8 Å². The molecule has 0 amide bonds. The van der Waals surface area contributed by atoms with E-state index in [1.54, 1.807) is 7.11 Å². The molecular weight excluding hydrogens is 236 g/mol. The van der Waals surface area contributed by atoms with Gasteiger partial charge >= 0.3 is 0 Å². The van der Waals surface area contributed by atoms with Gasteiger partial charge in [-0.2, -0.15) is 0 Å². The third-order valence-corrected chi connectivity index (χ3v) is 4.95. The van der Waals surface area contributed by atoms with Crippen molar-refractivity contribution in [3.05, 3.63) is 0 Å². The van der Waals surface area contributed by atoms with Crippen LogP contribution in [0.1, 0.15) is 59.8 Å². The molecule has 1 N–H and O–H groups in total. The van der Waals surface area contributed by atoms with Crippen molar-refractivity contribution in [3.63, 3.8) is 0 Å². The van der Waals surface area contributed by atoms with E-state index in [-0.39, 0.29) is 0 Å². The molecule has 1 fully saturated rings. The lowest BCUT2D eigenvalue weighted by Gasteiger charge is -2.50. The van der Waals surface area contributed by atoms with Gasteiger partial charge in [-0.1, -0.05) is 27.2 Å². The van der Waals surface area contributed by atoms with E-state index in [2.05, 4.69) is 37.9 Å². The Bertz CT molecular complexity index is 241. The summed E-state index contributed by atoms with van der Waals surface area (Å²) in [7, 11) is 1.80. The van der Waals surface area contributed by atoms with Gasteiger partial charge in [-0.15, -0.1) is 0 Å². The second-order valence-electron chi connectivity index (χ2n) is 6.11. The molecule has 0 aromatic rings. The van der Waals surface area contributed by atoms with E-state index in [1.165, 1.54) is 32.2 Å². The number of nitrogens with zero attached hydrogens (tertiary/aromatic N) is 1. The fourth-order valence-corrected chi connectivity index (χ4v) is 3.28. The topological polar surface area (TPSA) is 24.5 Å². The Hall–Kier alpha value is -0.120. The second-order valence-corrected chi connectivity index (χ2v) is 6.11. The van der Waals surface area contributed by atoms with Crippen LogP contribution < -0.4 is 5.32 Å². The van der Waals surface area contributed by atoms with Crippen LogP contribution in [0.25, 0.3) is 0 Å². The summed E-state index contributed by atoms with van der Waals surface area (Å²) < 4.78 is 5.26. The highest BCUT2D eigenvalue weighted by atomic mass is 16.5. The number of hydrogen-bond donors (Lipinski definition) is 1. The average molecular weight is 270 g/mol. The van der Waals surface area contributed by atoms with Crippen molar-refractivity contribution in [1.29, 1.82) is 0 Å².